The van der Waals surface area contributed by atoms with Gasteiger partial charge in [-0.1, -0.05) is 0 Å². The van der Waals surface area contributed by atoms with E-state index in [9.17, 15) is 19.8 Å². The van der Waals surface area contributed by atoms with Crippen molar-refractivity contribution in [2.75, 3.05) is 0 Å². The fourth-order valence-electron chi connectivity index (χ4n) is 0.788. The van der Waals surface area contributed by atoms with Crippen LogP contribution in [0.4, 0.5) is 0 Å². The Morgan fingerprint density at radius 1 is 0.941 bits per heavy atom. The van der Waals surface area contributed by atoms with Gasteiger partial charge in [-0.15, -0.1) is 0 Å². The minimum atomic E-state index is -1.55. The smallest absolute Gasteiger partial charge is 0.0643 e. The number of carboxylic acid groups (broad SMARTS) is 2. The molecule has 0 spiro atoms. The molecule has 0 heterocycles. The Hall–Kier alpha value is -0.437. The Morgan fingerprint density at radius 2 is 1.29 bits per heavy atom. The number of carbonyl (C=O) groups excluding carboxylic acids is 2. The predicted octanol–water partition coefficient (Wildman–Crippen LogP) is 0.170. The predicted molar refractivity (Wildman–Crippen MR) is 64.3 cm³/mol. The number of carboxylic acids is 2. The van der Waals surface area contributed by atoms with E-state index in [0.29, 0.717) is 12.2 Å². The van der Waals surface area contributed by atoms with Crippen LogP contribution in [-0.4, -0.2) is 35.2 Å². The van der Waals surface area contributed by atoms with Gasteiger partial charge >= 0.3 is 71.0 Å². The van der Waals surface area contributed by atoms with E-state index in [1.807, 2.05) is 0 Å². The summed E-state index contributed by atoms with van der Waals surface area (Å²) in [6.07, 6.45) is 6.62. The number of carbonyl (C=O) groups is 2. The molecule has 0 unspecified atom stereocenters. The van der Waals surface area contributed by atoms with Crippen LogP contribution in [-0.2, 0) is 9.59 Å². The van der Waals surface area contributed by atoms with Crippen LogP contribution in [0.5, 0.6) is 0 Å². The summed E-state index contributed by atoms with van der Waals surface area (Å²) >= 11 is 0.0681. The summed E-state index contributed by atoms with van der Waals surface area (Å²) in [5.74, 6) is -3.09. The fourth-order valence-corrected chi connectivity index (χ4v) is 5.85. The molecular formula is C12H20BiO4. The minimum Gasteiger partial charge on any atom is -0.545 e. The third kappa shape index (κ3) is 25.7. The van der Waals surface area contributed by atoms with Crippen LogP contribution in [0.2, 0.25) is 8.26 Å². The van der Waals surface area contributed by atoms with Crippen LogP contribution in [0.15, 0.2) is 12.2 Å². The molecule has 5 heteroatoms. The zero-order valence-corrected chi connectivity index (χ0v) is 14.0. The van der Waals surface area contributed by atoms with Crippen LogP contribution in [0, 0.1) is 0 Å². The second-order valence-corrected chi connectivity index (χ2v) is 8.56. The Labute approximate surface area is 115 Å². The standard InChI is InChI=1S/C4H4O4.2C4H9.Bi/c5-3(6)1-2-4(7)8;2*1-3-4-2;/h1-2H,(H,5,6)(H,7,8);2*1,3-4H2,2H3;/q;;;+2/p-2/b2-1-;;;. The van der Waals surface area contributed by atoms with Crippen molar-refractivity contribution in [3.8, 4) is 0 Å². The normalized spacial score (nSPS) is 9.53. The molecule has 0 N–H and O–H groups in total. The fraction of sp³-hybridized carbons (Fsp3) is 0.667. The van der Waals surface area contributed by atoms with E-state index in [4.69, 9.17) is 0 Å². The summed E-state index contributed by atoms with van der Waals surface area (Å²) in [6, 6.07) is 0. The third-order valence-corrected chi connectivity index (χ3v) is 6.61. The molecule has 0 fully saturated rings. The Kier molecular flexibility index (Phi) is 17.3. The number of unbranched alkanes of at least 4 members (excludes halogenated alkanes) is 2. The van der Waals surface area contributed by atoms with Crippen LogP contribution in [0.25, 0.3) is 0 Å². The Balaban J connectivity index is 0. The van der Waals surface area contributed by atoms with Gasteiger partial charge in [0.25, 0.3) is 0 Å². The summed E-state index contributed by atoms with van der Waals surface area (Å²) in [4.78, 5) is 18.8. The van der Waals surface area contributed by atoms with Gasteiger partial charge in [0, 0.05) is 0 Å². The van der Waals surface area contributed by atoms with Crippen LogP contribution in [0.1, 0.15) is 39.5 Å². The molecule has 0 aliphatic rings. The largest absolute Gasteiger partial charge is 0.545 e. The molecule has 0 amide bonds. The van der Waals surface area contributed by atoms with Gasteiger partial charge in [0.1, 0.15) is 0 Å². The number of hydrogen-bond acceptors (Lipinski definition) is 4. The van der Waals surface area contributed by atoms with Gasteiger partial charge in [0.15, 0.2) is 0 Å². The molecule has 0 aliphatic carbocycles. The monoisotopic (exact) mass is 437 g/mol. The van der Waals surface area contributed by atoms with Gasteiger partial charge < -0.3 is 19.8 Å². The molecule has 0 saturated heterocycles. The molecule has 0 aromatic rings. The third-order valence-electron chi connectivity index (χ3n) is 1.70. The second-order valence-electron chi connectivity index (χ2n) is 3.35. The van der Waals surface area contributed by atoms with Crippen LogP contribution < -0.4 is 10.2 Å². The Morgan fingerprint density at radius 3 is 1.53 bits per heavy atom. The van der Waals surface area contributed by atoms with Crippen molar-refractivity contribution >= 4 is 35.2 Å². The summed E-state index contributed by atoms with van der Waals surface area (Å²) in [6.45, 7) is 4.59. The zero-order chi connectivity index (χ0) is 13.5. The first kappa shape index (κ1) is 18.9. The van der Waals surface area contributed by atoms with Crippen molar-refractivity contribution in [1.82, 2.24) is 0 Å². The van der Waals surface area contributed by atoms with Crippen LogP contribution in [0.3, 0.4) is 0 Å². The summed E-state index contributed by atoms with van der Waals surface area (Å²) in [7, 11) is 0. The van der Waals surface area contributed by atoms with Crippen molar-refractivity contribution in [3.05, 3.63) is 12.2 Å². The quantitative estimate of drug-likeness (QED) is 0.308. The maximum Gasteiger partial charge on any atom is 0.0643 e. The molecule has 0 bridgehead atoms. The van der Waals surface area contributed by atoms with E-state index >= 15 is 0 Å². The molecule has 97 valence electrons. The van der Waals surface area contributed by atoms with Crippen molar-refractivity contribution in [3.63, 3.8) is 0 Å². The van der Waals surface area contributed by atoms with E-state index < -0.39 is 11.9 Å². The van der Waals surface area contributed by atoms with Crippen molar-refractivity contribution in [2.45, 2.75) is 47.8 Å². The molecule has 4 nitrogen and oxygen atoms in total. The number of rotatable bonds is 8. The topological polar surface area (TPSA) is 80.3 Å². The maximum absolute atomic E-state index is 9.41. The van der Waals surface area contributed by atoms with Crippen molar-refractivity contribution < 1.29 is 19.8 Å². The van der Waals surface area contributed by atoms with Gasteiger partial charge in [-0.25, -0.2) is 0 Å². The van der Waals surface area contributed by atoms with Crippen molar-refractivity contribution in [2.24, 2.45) is 0 Å². The molecular weight excluding hydrogens is 417 g/mol. The number of aliphatic carboxylic acids is 2. The maximum atomic E-state index is 9.41. The van der Waals surface area contributed by atoms with Gasteiger partial charge in [-0.2, -0.15) is 0 Å². The average molecular weight is 437 g/mol. The van der Waals surface area contributed by atoms with E-state index in [1.165, 1.54) is 25.7 Å². The summed E-state index contributed by atoms with van der Waals surface area (Å²) in [5.41, 5.74) is 0. The molecule has 0 aliphatic heterocycles. The van der Waals surface area contributed by atoms with Gasteiger partial charge in [-0.3, -0.25) is 0 Å². The van der Waals surface area contributed by atoms with E-state index in [-0.39, 0.29) is 23.2 Å². The van der Waals surface area contributed by atoms with Crippen LogP contribution >= 0.6 is 0 Å². The molecule has 0 atom stereocenters. The molecule has 1 radical (unpaired) electrons. The minimum absolute atomic E-state index is 0.0681. The second kappa shape index (κ2) is 15.6. The summed E-state index contributed by atoms with van der Waals surface area (Å²) < 4.78 is 3.27. The van der Waals surface area contributed by atoms with Crippen molar-refractivity contribution in [1.29, 1.82) is 0 Å². The van der Waals surface area contributed by atoms with Gasteiger partial charge in [-0.05, 0) is 12.2 Å². The van der Waals surface area contributed by atoms with E-state index in [0.717, 1.165) is 0 Å². The van der Waals surface area contributed by atoms with E-state index in [2.05, 4.69) is 13.8 Å². The zero-order valence-electron chi connectivity index (χ0n) is 10.5. The average Bonchev–Trinajstić information content (AvgIpc) is 2.27. The van der Waals surface area contributed by atoms with Gasteiger partial charge in [0.05, 0.1) is 11.9 Å². The first-order chi connectivity index (χ1) is 8.04. The van der Waals surface area contributed by atoms with E-state index in [1.54, 1.807) is 8.26 Å². The molecule has 17 heavy (non-hydrogen) atoms. The number of hydrogen-bond donors (Lipinski definition) is 0. The molecule has 0 aromatic heterocycles. The SMILES string of the molecule is CCC[CH2][Bi+2][CH2]CCC.O=C([O-])/C=C\C(=O)[O-]. The molecule has 0 rings (SSSR count). The molecule has 0 saturated carbocycles. The van der Waals surface area contributed by atoms with Gasteiger partial charge in [0.2, 0.25) is 0 Å². The molecule has 0 aromatic carbocycles. The Bertz CT molecular complexity index is 205. The first-order valence-electron chi connectivity index (χ1n) is 5.77. The first-order valence-corrected chi connectivity index (χ1v) is 10.7. The summed E-state index contributed by atoms with van der Waals surface area (Å²) in [5, 5.41) is 18.8.